The maximum atomic E-state index is 11.9. The SMILES string of the molecule is NCCCNCCCCCCCCCC(=O)CCCCCNS(=O)(=O)c1cnsn1. The van der Waals surface area contributed by atoms with Gasteiger partial charge >= 0.3 is 0 Å². The first-order chi connectivity index (χ1) is 14.6. The Morgan fingerprint density at radius 2 is 1.43 bits per heavy atom. The lowest BCUT2D eigenvalue weighted by atomic mass is 10.0. The number of aromatic nitrogens is 2. The number of carbonyl (C=O) groups is 1. The molecule has 0 aliphatic heterocycles. The van der Waals surface area contributed by atoms with Gasteiger partial charge in [-0.3, -0.25) is 4.79 Å². The van der Waals surface area contributed by atoms with Gasteiger partial charge < -0.3 is 11.1 Å². The number of rotatable bonds is 21. The van der Waals surface area contributed by atoms with Crippen molar-refractivity contribution in [3.63, 3.8) is 0 Å². The number of nitrogens with two attached hydrogens (primary N) is 1. The van der Waals surface area contributed by atoms with Crippen molar-refractivity contribution in [2.45, 2.75) is 88.5 Å². The average Bonchev–Trinajstić information content (AvgIpc) is 3.27. The van der Waals surface area contributed by atoms with Crippen LogP contribution in [0.25, 0.3) is 0 Å². The van der Waals surface area contributed by atoms with Crippen LogP contribution in [0.1, 0.15) is 83.5 Å². The van der Waals surface area contributed by atoms with Crippen LogP contribution in [-0.2, 0) is 14.8 Å². The smallest absolute Gasteiger partial charge is 0.260 e. The predicted octanol–water partition coefficient (Wildman–Crippen LogP) is 3.01. The van der Waals surface area contributed by atoms with Gasteiger partial charge in [0, 0.05) is 19.4 Å². The number of nitrogens with one attached hydrogen (secondary N) is 2. The second-order valence-corrected chi connectivity index (χ2v) is 9.88. The number of sulfonamides is 1. The van der Waals surface area contributed by atoms with Crippen LogP contribution in [0, 0.1) is 0 Å². The van der Waals surface area contributed by atoms with Crippen molar-refractivity contribution in [1.29, 1.82) is 0 Å². The van der Waals surface area contributed by atoms with E-state index in [4.69, 9.17) is 5.73 Å². The van der Waals surface area contributed by atoms with E-state index in [9.17, 15) is 13.2 Å². The lowest BCUT2D eigenvalue weighted by molar-refractivity contribution is -0.119. The molecule has 0 bridgehead atoms. The van der Waals surface area contributed by atoms with Crippen LogP contribution < -0.4 is 15.8 Å². The highest BCUT2D eigenvalue weighted by Crippen LogP contribution is 2.11. The molecular weight excluding hydrogens is 422 g/mol. The van der Waals surface area contributed by atoms with Crippen molar-refractivity contribution in [3.05, 3.63) is 6.20 Å². The molecule has 8 nitrogen and oxygen atoms in total. The summed E-state index contributed by atoms with van der Waals surface area (Å²) in [5.41, 5.74) is 5.45. The third-order valence-corrected chi connectivity index (χ3v) is 6.83. The Kier molecular flexibility index (Phi) is 16.0. The molecule has 1 rings (SSSR count). The number of hydrogen-bond acceptors (Lipinski definition) is 8. The Morgan fingerprint density at radius 3 is 2.07 bits per heavy atom. The number of Topliss-reactive ketones (excluding diaryl/α,β-unsaturated/α-hetero) is 1. The summed E-state index contributed by atoms with van der Waals surface area (Å²) in [5.74, 6) is 0.327. The predicted molar refractivity (Wildman–Crippen MR) is 122 cm³/mol. The van der Waals surface area contributed by atoms with Crippen LogP contribution in [0.5, 0.6) is 0 Å². The number of nitrogens with zero attached hydrogens (tertiary/aromatic N) is 2. The van der Waals surface area contributed by atoms with E-state index in [1.165, 1.54) is 38.3 Å². The number of carbonyl (C=O) groups excluding carboxylic acids is 1. The summed E-state index contributed by atoms with van der Waals surface area (Å²) < 4.78 is 33.7. The van der Waals surface area contributed by atoms with Gasteiger partial charge in [0.1, 0.15) is 5.78 Å². The minimum Gasteiger partial charge on any atom is -0.330 e. The van der Waals surface area contributed by atoms with E-state index < -0.39 is 10.0 Å². The van der Waals surface area contributed by atoms with Gasteiger partial charge in [-0.15, -0.1) is 0 Å². The number of ketones is 1. The van der Waals surface area contributed by atoms with E-state index in [1.807, 2.05) is 0 Å². The third-order valence-electron chi connectivity index (χ3n) is 4.91. The van der Waals surface area contributed by atoms with Crippen LogP contribution >= 0.6 is 11.7 Å². The molecule has 0 aliphatic rings. The Labute approximate surface area is 186 Å². The van der Waals surface area contributed by atoms with E-state index >= 15 is 0 Å². The molecule has 0 aliphatic carbocycles. The fourth-order valence-corrected chi connectivity index (χ4v) is 4.75. The van der Waals surface area contributed by atoms with Crippen LogP contribution in [0.2, 0.25) is 0 Å². The maximum Gasteiger partial charge on any atom is 0.260 e. The lowest BCUT2D eigenvalue weighted by Gasteiger charge is -2.05. The molecule has 1 heterocycles. The zero-order valence-electron chi connectivity index (χ0n) is 18.1. The highest BCUT2D eigenvalue weighted by Gasteiger charge is 2.15. The summed E-state index contributed by atoms with van der Waals surface area (Å²) in [5, 5.41) is 3.37. The van der Waals surface area contributed by atoms with Gasteiger partial charge in [-0.2, -0.15) is 8.75 Å². The van der Waals surface area contributed by atoms with E-state index in [2.05, 4.69) is 18.8 Å². The largest absolute Gasteiger partial charge is 0.330 e. The van der Waals surface area contributed by atoms with Gasteiger partial charge in [-0.25, -0.2) is 13.1 Å². The van der Waals surface area contributed by atoms with Crippen molar-refractivity contribution >= 4 is 27.5 Å². The van der Waals surface area contributed by atoms with E-state index in [-0.39, 0.29) is 5.03 Å². The van der Waals surface area contributed by atoms with E-state index in [1.54, 1.807) is 0 Å². The van der Waals surface area contributed by atoms with Crippen LogP contribution in [0.3, 0.4) is 0 Å². The monoisotopic (exact) mass is 461 g/mol. The second-order valence-electron chi connectivity index (χ2n) is 7.61. The van der Waals surface area contributed by atoms with Gasteiger partial charge in [0.2, 0.25) is 5.03 Å². The molecule has 0 spiro atoms. The minimum atomic E-state index is -3.54. The molecule has 1 aromatic heterocycles. The van der Waals surface area contributed by atoms with Crippen molar-refractivity contribution < 1.29 is 13.2 Å². The van der Waals surface area contributed by atoms with Crippen molar-refractivity contribution in [3.8, 4) is 0 Å². The summed E-state index contributed by atoms with van der Waals surface area (Å²) in [6.45, 7) is 3.22. The van der Waals surface area contributed by atoms with Crippen LogP contribution in [0.15, 0.2) is 11.2 Å². The zero-order chi connectivity index (χ0) is 21.9. The van der Waals surface area contributed by atoms with Crippen molar-refractivity contribution in [2.24, 2.45) is 5.73 Å². The normalized spacial score (nSPS) is 11.8. The molecule has 0 amide bonds. The van der Waals surface area contributed by atoms with E-state index in [0.717, 1.165) is 63.5 Å². The molecule has 0 saturated carbocycles. The topological polar surface area (TPSA) is 127 Å². The van der Waals surface area contributed by atoms with Gasteiger partial charge in [-0.1, -0.05) is 38.5 Å². The first kappa shape index (κ1) is 27.1. The van der Waals surface area contributed by atoms with Crippen molar-refractivity contribution in [2.75, 3.05) is 26.2 Å². The summed E-state index contributed by atoms with van der Waals surface area (Å²) in [7, 11) is -3.54. The molecule has 4 N–H and O–H groups in total. The van der Waals surface area contributed by atoms with Crippen molar-refractivity contribution in [1.82, 2.24) is 18.8 Å². The zero-order valence-corrected chi connectivity index (χ0v) is 19.7. The minimum absolute atomic E-state index is 0.0296. The first-order valence-corrected chi connectivity index (χ1v) is 13.5. The fraction of sp³-hybridized carbons (Fsp3) is 0.850. The Hall–Kier alpha value is -0.940. The molecular formula is C20H39N5O3S2. The highest BCUT2D eigenvalue weighted by molar-refractivity contribution is 7.89. The molecule has 30 heavy (non-hydrogen) atoms. The summed E-state index contributed by atoms with van der Waals surface area (Å²) >= 11 is 0.871. The third kappa shape index (κ3) is 14.1. The van der Waals surface area contributed by atoms with Gasteiger partial charge in [0.15, 0.2) is 0 Å². The summed E-state index contributed by atoms with van der Waals surface area (Å²) in [4.78, 5) is 11.9. The Morgan fingerprint density at radius 1 is 0.867 bits per heavy atom. The average molecular weight is 462 g/mol. The van der Waals surface area contributed by atoms with E-state index in [0.29, 0.717) is 31.6 Å². The quantitative estimate of drug-likeness (QED) is 0.240. The van der Waals surface area contributed by atoms with Gasteiger partial charge in [0.25, 0.3) is 10.0 Å². The first-order valence-electron chi connectivity index (χ1n) is 11.3. The molecule has 0 unspecified atom stereocenters. The summed E-state index contributed by atoms with van der Waals surface area (Å²) in [6.07, 6.45) is 14.3. The molecule has 0 atom stereocenters. The molecule has 0 aromatic carbocycles. The Balaban J connectivity index is 1.84. The highest BCUT2D eigenvalue weighted by atomic mass is 32.2. The molecule has 0 radical (unpaired) electrons. The fourth-order valence-electron chi connectivity index (χ4n) is 3.11. The van der Waals surface area contributed by atoms with Crippen LogP contribution in [-0.4, -0.2) is 49.1 Å². The molecule has 174 valence electrons. The second kappa shape index (κ2) is 17.7. The Bertz CT molecular complexity index is 639. The molecule has 10 heteroatoms. The molecule has 0 fully saturated rings. The van der Waals surface area contributed by atoms with Gasteiger partial charge in [-0.05, 0) is 51.7 Å². The molecule has 0 saturated heterocycles. The van der Waals surface area contributed by atoms with Crippen LogP contribution in [0.4, 0.5) is 0 Å². The summed E-state index contributed by atoms with van der Waals surface area (Å²) in [6, 6.07) is 0. The number of unbranched alkanes of at least 4 members (excludes halogenated alkanes) is 8. The van der Waals surface area contributed by atoms with Gasteiger partial charge in [0.05, 0.1) is 17.9 Å². The molecule has 1 aromatic rings. The number of hydrogen-bond donors (Lipinski definition) is 3. The maximum absolute atomic E-state index is 11.9. The lowest BCUT2D eigenvalue weighted by Crippen LogP contribution is -2.25. The standard InChI is InChI=1S/C20H39N5O3S2/c21-14-11-16-22-15-9-5-3-1-2-4-7-12-19(26)13-8-6-10-17-24-30(27,28)20-18-23-29-25-20/h18,22,24H,1-17,21H2.